The standard InChI is InChI=1S/C19H17N5O4/c1-27-17-9-13(7-8-16(17)28-11-12-5-3-2-4-6-12)15-10-14(18(25)26)20-19-21-22-23-24(15)19/h2-10,15H,11H2,1H3,(H,25,26)(H,20,21,23)/t15-/m0/s1. The lowest BCUT2D eigenvalue weighted by Gasteiger charge is -2.22. The SMILES string of the molecule is COc1cc([C@@H]2C=C(C(=O)O)Nc3nnnn32)ccc1OCc1ccccc1. The van der Waals surface area contributed by atoms with Gasteiger partial charge in [0.25, 0.3) is 0 Å². The van der Waals surface area contributed by atoms with E-state index in [0.717, 1.165) is 11.1 Å². The third-order valence-electron chi connectivity index (χ3n) is 4.32. The molecule has 2 aromatic carbocycles. The Morgan fingerprint density at radius 3 is 2.79 bits per heavy atom. The molecule has 0 bridgehead atoms. The summed E-state index contributed by atoms with van der Waals surface area (Å²) in [7, 11) is 1.55. The molecular formula is C19H17N5O4. The number of aromatic nitrogens is 4. The Kier molecular flexibility index (Phi) is 4.63. The van der Waals surface area contributed by atoms with Crippen LogP contribution >= 0.6 is 0 Å². The summed E-state index contributed by atoms with van der Waals surface area (Å²) >= 11 is 0. The van der Waals surface area contributed by atoms with Crippen molar-refractivity contribution in [1.29, 1.82) is 0 Å². The molecule has 1 aliphatic heterocycles. The van der Waals surface area contributed by atoms with Crippen molar-refractivity contribution >= 4 is 11.9 Å². The molecule has 9 nitrogen and oxygen atoms in total. The minimum Gasteiger partial charge on any atom is -0.493 e. The first-order chi connectivity index (χ1) is 13.7. The smallest absolute Gasteiger partial charge is 0.352 e. The summed E-state index contributed by atoms with van der Waals surface area (Å²) in [5, 5.41) is 23.4. The van der Waals surface area contributed by atoms with Gasteiger partial charge in [-0.3, -0.25) is 0 Å². The highest BCUT2D eigenvalue weighted by Gasteiger charge is 2.27. The van der Waals surface area contributed by atoms with Crippen LogP contribution in [0.4, 0.5) is 5.95 Å². The average molecular weight is 379 g/mol. The third-order valence-corrected chi connectivity index (χ3v) is 4.32. The predicted molar refractivity (Wildman–Crippen MR) is 99.1 cm³/mol. The van der Waals surface area contributed by atoms with Crippen molar-refractivity contribution in [1.82, 2.24) is 20.2 Å². The number of hydrogen-bond acceptors (Lipinski definition) is 7. The number of benzene rings is 2. The van der Waals surface area contributed by atoms with Crippen molar-refractivity contribution in [2.75, 3.05) is 12.4 Å². The molecule has 0 fully saturated rings. The van der Waals surface area contributed by atoms with Crippen molar-refractivity contribution < 1.29 is 19.4 Å². The number of allylic oxidation sites excluding steroid dienone is 1. The van der Waals surface area contributed by atoms with Crippen molar-refractivity contribution in [3.63, 3.8) is 0 Å². The molecular weight excluding hydrogens is 362 g/mol. The lowest BCUT2D eigenvalue weighted by Crippen LogP contribution is -2.24. The van der Waals surface area contributed by atoms with E-state index in [0.29, 0.717) is 18.1 Å². The quantitative estimate of drug-likeness (QED) is 0.671. The van der Waals surface area contributed by atoms with E-state index < -0.39 is 12.0 Å². The van der Waals surface area contributed by atoms with Crippen molar-refractivity contribution in [3.05, 3.63) is 71.4 Å². The Labute approximate surface area is 160 Å². The first kappa shape index (κ1) is 17.5. The molecule has 28 heavy (non-hydrogen) atoms. The van der Waals surface area contributed by atoms with Crippen LogP contribution in [-0.4, -0.2) is 38.4 Å². The summed E-state index contributed by atoms with van der Waals surface area (Å²) in [6.07, 6.45) is 1.55. The summed E-state index contributed by atoms with van der Waals surface area (Å²) in [6, 6.07) is 14.7. The second-order valence-electron chi connectivity index (χ2n) is 6.09. The summed E-state index contributed by atoms with van der Waals surface area (Å²) in [6.45, 7) is 0.407. The molecule has 0 saturated heterocycles. The van der Waals surface area contributed by atoms with Crippen LogP contribution in [-0.2, 0) is 11.4 Å². The number of carboxylic acids is 1. The number of carboxylic acid groups (broad SMARTS) is 1. The topological polar surface area (TPSA) is 111 Å². The highest BCUT2D eigenvalue weighted by atomic mass is 16.5. The molecule has 0 unspecified atom stereocenters. The van der Waals surface area contributed by atoms with Gasteiger partial charge in [-0.2, -0.15) is 4.68 Å². The maximum Gasteiger partial charge on any atom is 0.352 e. The molecule has 142 valence electrons. The maximum atomic E-state index is 11.4. The molecule has 3 aromatic rings. The van der Waals surface area contributed by atoms with E-state index in [1.54, 1.807) is 25.3 Å². The second kappa shape index (κ2) is 7.39. The molecule has 2 N–H and O–H groups in total. The number of tetrazole rings is 1. The number of fused-ring (bicyclic) bond motifs is 1. The van der Waals surface area contributed by atoms with Crippen LogP contribution in [0.25, 0.3) is 0 Å². The molecule has 0 aliphatic carbocycles. The lowest BCUT2D eigenvalue weighted by molar-refractivity contribution is -0.132. The van der Waals surface area contributed by atoms with E-state index in [9.17, 15) is 9.90 Å². The number of rotatable bonds is 6. The molecule has 0 amide bonds. The van der Waals surface area contributed by atoms with Crippen LogP contribution in [0, 0.1) is 0 Å². The Bertz CT molecular complexity index is 1030. The Balaban J connectivity index is 1.63. The predicted octanol–water partition coefficient (Wildman–Crippen LogP) is 2.24. The van der Waals surface area contributed by atoms with Gasteiger partial charge in [0, 0.05) is 0 Å². The van der Waals surface area contributed by atoms with Crippen LogP contribution in [0.3, 0.4) is 0 Å². The van der Waals surface area contributed by atoms with E-state index in [-0.39, 0.29) is 11.6 Å². The van der Waals surface area contributed by atoms with Crippen LogP contribution in [0.15, 0.2) is 60.3 Å². The molecule has 4 rings (SSSR count). The Morgan fingerprint density at radius 2 is 2.04 bits per heavy atom. The van der Waals surface area contributed by atoms with Gasteiger partial charge in [-0.05, 0) is 39.8 Å². The largest absolute Gasteiger partial charge is 0.493 e. The molecule has 2 heterocycles. The molecule has 1 aliphatic rings. The molecule has 1 atom stereocenters. The van der Waals surface area contributed by atoms with Crippen molar-refractivity contribution in [3.8, 4) is 11.5 Å². The van der Waals surface area contributed by atoms with E-state index in [2.05, 4.69) is 20.8 Å². The van der Waals surface area contributed by atoms with Crippen molar-refractivity contribution in [2.45, 2.75) is 12.6 Å². The zero-order valence-corrected chi connectivity index (χ0v) is 14.9. The highest BCUT2D eigenvalue weighted by Crippen LogP contribution is 2.34. The van der Waals surface area contributed by atoms with Gasteiger partial charge in [-0.1, -0.05) is 41.5 Å². The van der Waals surface area contributed by atoms with Gasteiger partial charge >= 0.3 is 5.97 Å². The zero-order valence-electron chi connectivity index (χ0n) is 14.9. The lowest BCUT2D eigenvalue weighted by atomic mass is 10.0. The number of ether oxygens (including phenoxy) is 2. The molecule has 0 radical (unpaired) electrons. The fraction of sp³-hybridized carbons (Fsp3) is 0.158. The van der Waals surface area contributed by atoms with Gasteiger partial charge in [0.15, 0.2) is 11.5 Å². The first-order valence-electron chi connectivity index (χ1n) is 8.50. The number of nitrogens with zero attached hydrogens (tertiary/aromatic N) is 4. The van der Waals surface area contributed by atoms with Crippen LogP contribution < -0.4 is 14.8 Å². The number of methoxy groups -OCH3 is 1. The van der Waals surface area contributed by atoms with Gasteiger partial charge in [-0.25, -0.2) is 4.79 Å². The number of carbonyl (C=O) groups is 1. The van der Waals surface area contributed by atoms with E-state index >= 15 is 0 Å². The fourth-order valence-corrected chi connectivity index (χ4v) is 2.94. The van der Waals surface area contributed by atoms with Gasteiger partial charge in [-0.15, -0.1) is 0 Å². The number of nitrogens with one attached hydrogen (secondary N) is 1. The van der Waals surface area contributed by atoms with Crippen LogP contribution in [0.1, 0.15) is 17.2 Å². The van der Waals surface area contributed by atoms with Gasteiger partial charge in [0.1, 0.15) is 18.3 Å². The number of anilines is 1. The summed E-state index contributed by atoms with van der Waals surface area (Å²) < 4.78 is 12.9. The van der Waals surface area contributed by atoms with E-state index in [1.807, 2.05) is 36.4 Å². The number of hydrogen-bond donors (Lipinski definition) is 2. The second-order valence-corrected chi connectivity index (χ2v) is 6.09. The fourth-order valence-electron chi connectivity index (χ4n) is 2.94. The Morgan fingerprint density at radius 1 is 1.21 bits per heavy atom. The first-order valence-corrected chi connectivity index (χ1v) is 8.50. The van der Waals surface area contributed by atoms with Gasteiger partial charge < -0.3 is 19.9 Å². The maximum absolute atomic E-state index is 11.4. The normalized spacial score (nSPS) is 15.2. The molecule has 0 spiro atoms. The van der Waals surface area contributed by atoms with Gasteiger partial charge in [0.2, 0.25) is 5.95 Å². The molecule has 1 aromatic heterocycles. The van der Waals surface area contributed by atoms with Gasteiger partial charge in [0.05, 0.1) is 7.11 Å². The third kappa shape index (κ3) is 3.37. The van der Waals surface area contributed by atoms with E-state index in [4.69, 9.17) is 9.47 Å². The number of aliphatic carboxylic acids is 1. The Hall–Kier alpha value is -3.88. The average Bonchev–Trinajstić information content (AvgIpc) is 3.21. The van der Waals surface area contributed by atoms with E-state index in [1.165, 1.54) is 4.68 Å². The van der Waals surface area contributed by atoms with Crippen LogP contribution in [0.5, 0.6) is 11.5 Å². The summed E-state index contributed by atoms with van der Waals surface area (Å²) in [5.74, 6) is 0.289. The highest BCUT2D eigenvalue weighted by molar-refractivity contribution is 5.90. The minimum absolute atomic E-state index is 0.00988. The summed E-state index contributed by atoms with van der Waals surface area (Å²) in [5.41, 5.74) is 1.81. The zero-order chi connectivity index (χ0) is 19.5. The monoisotopic (exact) mass is 379 g/mol. The van der Waals surface area contributed by atoms with Crippen molar-refractivity contribution in [2.24, 2.45) is 0 Å². The van der Waals surface area contributed by atoms with Crippen LogP contribution in [0.2, 0.25) is 0 Å². The molecule has 0 saturated carbocycles. The molecule has 9 heteroatoms. The minimum atomic E-state index is -1.09. The summed E-state index contributed by atoms with van der Waals surface area (Å²) in [4.78, 5) is 11.4.